The van der Waals surface area contributed by atoms with E-state index >= 15 is 0 Å². The molecule has 12 heteroatoms. The van der Waals surface area contributed by atoms with Gasteiger partial charge in [0.1, 0.15) is 29.9 Å². The molecule has 3 heterocycles. The largest absolute Gasteiger partial charge is 0.478 e. The highest BCUT2D eigenvalue weighted by Gasteiger charge is 2.28. The van der Waals surface area contributed by atoms with Crippen LogP contribution in [0.15, 0.2) is 29.0 Å². The molecule has 0 bridgehead atoms. The lowest BCUT2D eigenvalue weighted by Crippen LogP contribution is -2.43. The van der Waals surface area contributed by atoms with Gasteiger partial charge < -0.3 is 30.3 Å². The number of furan rings is 1. The Morgan fingerprint density at radius 1 is 1.29 bits per heavy atom. The number of halogens is 3. The van der Waals surface area contributed by atoms with E-state index in [0.29, 0.717) is 31.3 Å². The summed E-state index contributed by atoms with van der Waals surface area (Å²) in [6.07, 6.45) is 2.35. The number of anilines is 1. The van der Waals surface area contributed by atoms with Crippen LogP contribution in [0.25, 0.3) is 11.0 Å². The van der Waals surface area contributed by atoms with Gasteiger partial charge in [-0.05, 0) is 19.1 Å². The topological polar surface area (TPSA) is 134 Å². The van der Waals surface area contributed by atoms with Gasteiger partial charge >= 0.3 is 12.0 Å². The second kappa shape index (κ2) is 9.55. The van der Waals surface area contributed by atoms with Gasteiger partial charge in [0.2, 0.25) is 5.75 Å². The van der Waals surface area contributed by atoms with E-state index in [2.05, 4.69) is 4.98 Å². The molecule has 1 atom stereocenters. The number of fused-ring (bicyclic) bond motifs is 1. The van der Waals surface area contributed by atoms with Crippen LogP contribution in [-0.4, -0.2) is 41.1 Å². The quantitative estimate of drug-likeness (QED) is 0.375. The van der Waals surface area contributed by atoms with Crippen molar-refractivity contribution in [2.75, 3.05) is 18.8 Å². The fraction of sp³-hybridized carbons (Fsp3) is 0.318. The van der Waals surface area contributed by atoms with E-state index in [-0.39, 0.29) is 44.4 Å². The second-order valence-corrected chi connectivity index (χ2v) is 8.60. The van der Waals surface area contributed by atoms with Crippen molar-refractivity contribution in [3.05, 3.63) is 51.6 Å². The summed E-state index contributed by atoms with van der Waals surface area (Å²) in [6.45, 7) is 2.42. The molecule has 2 amide bonds. The van der Waals surface area contributed by atoms with E-state index in [9.17, 15) is 14.0 Å². The maximum absolute atomic E-state index is 14.0. The summed E-state index contributed by atoms with van der Waals surface area (Å²) in [7, 11) is 0. The zero-order valence-electron chi connectivity index (χ0n) is 18.0. The number of primary amides is 1. The van der Waals surface area contributed by atoms with Crippen LogP contribution in [0.2, 0.25) is 10.0 Å². The molecule has 2 aromatic heterocycles. The number of carbonyl (C=O) groups is 2. The first-order valence-electron chi connectivity index (χ1n) is 10.4. The average Bonchev–Trinajstić information content (AvgIpc) is 3.23. The van der Waals surface area contributed by atoms with E-state index in [1.54, 1.807) is 6.92 Å². The lowest BCUT2D eigenvalue weighted by Gasteiger charge is -2.30. The Labute approximate surface area is 203 Å². The summed E-state index contributed by atoms with van der Waals surface area (Å²) in [5.74, 6) is -1.21. The standard InChI is InChI=1S/C22H21Cl2FN4O5/c1-10(16-14(23)2-3-15(25)17(16)24)33-19-18-12(8-28-20(19)26)13(9-32-18)21(30)34-11-4-6-29(7-5-11)22(27)31/h2-3,8-11H,4-7H2,1H3,(H2,26,28)(H2,27,31). The molecule has 3 aromatic rings. The lowest BCUT2D eigenvalue weighted by molar-refractivity contribution is 0.0157. The molecular formula is C22H21Cl2FN4O5. The van der Waals surface area contributed by atoms with E-state index in [0.717, 1.165) is 6.07 Å². The molecule has 0 spiro atoms. The highest BCUT2D eigenvalue weighted by Crippen LogP contribution is 2.39. The predicted octanol–water partition coefficient (Wildman–Crippen LogP) is 4.70. The predicted molar refractivity (Wildman–Crippen MR) is 123 cm³/mol. The molecule has 4 N–H and O–H groups in total. The number of nitrogens with zero attached hydrogens (tertiary/aromatic N) is 2. The fourth-order valence-corrected chi connectivity index (χ4v) is 4.49. The molecule has 0 radical (unpaired) electrons. The number of ether oxygens (including phenoxy) is 2. The summed E-state index contributed by atoms with van der Waals surface area (Å²) in [5.41, 5.74) is 11.8. The minimum atomic E-state index is -0.818. The first-order chi connectivity index (χ1) is 16.2. The molecule has 1 aliphatic heterocycles. The number of aromatic nitrogens is 1. The fourth-order valence-electron chi connectivity index (χ4n) is 3.81. The van der Waals surface area contributed by atoms with Gasteiger partial charge in [-0.2, -0.15) is 0 Å². The van der Waals surface area contributed by atoms with Crippen LogP contribution in [0.3, 0.4) is 0 Å². The number of likely N-dealkylation sites (tertiary alicyclic amines) is 1. The molecule has 1 fully saturated rings. The molecule has 34 heavy (non-hydrogen) atoms. The molecule has 0 saturated carbocycles. The van der Waals surface area contributed by atoms with Gasteiger partial charge in [0.15, 0.2) is 11.4 Å². The normalized spacial score (nSPS) is 15.4. The number of urea groups is 1. The molecule has 1 aromatic carbocycles. The zero-order chi connectivity index (χ0) is 24.6. The summed E-state index contributed by atoms with van der Waals surface area (Å²) < 4.78 is 31.0. The van der Waals surface area contributed by atoms with Crippen LogP contribution >= 0.6 is 23.2 Å². The van der Waals surface area contributed by atoms with Crippen molar-refractivity contribution in [1.82, 2.24) is 9.88 Å². The van der Waals surface area contributed by atoms with E-state index < -0.39 is 23.9 Å². The smallest absolute Gasteiger partial charge is 0.342 e. The molecule has 4 rings (SSSR count). The Kier molecular flexibility index (Phi) is 6.72. The Bertz CT molecular complexity index is 1260. The maximum Gasteiger partial charge on any atom is 0.342 e. The number of hydrogen-bond acceptors (Lipinski definition) is 7. The van der Waals surface area contributed by atoms with Crippen LogP contribution in [0.4, 0.5) is 15.0 Å². The van der Waals surface area contributed by atoms with Gasteiger partial charge in [0.05, 0.1) is 10.4 Å². The highest BCUT2D eigenvalue weighted by atomic mass is 35.5. The van der Waals surface area contributed by atoms with Crippen molar-refractivity contribution < 1.29 is 27.9 Å². The second-order valence-electron chi connectivity index (χ2n) is 7.81. The number of pyridine rings is 1. The molecule has 1 saturated heterocycles. The minimum Gasteiger partial charge on any atom is -0.478 e. The number of piperidine rings is 1. The number of amides is 2. The molecule has 1 aliphatic rings. The number of nitrogens with two attached hydrogens (primary N) is 2. The van der Waals surface area contributed by atoms with Gasteiger partial charge in [-0.1, -0.05) is 23.2 Å². The van der Waals surface area contributed by atoms with Crippen LogP contribution in [0.1, 0.15) is 41.8 Å². The molecule has 1 unspecified atom stereocenters. The van der Waals surface area contributed by atoms with Gasteiger partial charge in [0, 0.05) is 42.7 Å². The average molecular weight is 511 g/mol. The third-order valence-corrected chi connectivity index (χ3v) is 6.34. The third kappa shape index (κ3) is 4.55. The third-order valence-electron chi connectivity index (χ3n) is 5.63. The Hall–Kier alpha value is -3.24. The first-order valence-corrected chi connectivity index (χ1v) is 11.1. The maximum atomic E-state index is 14.0. The summed E-state index contributed by atoms with van der Waals surface area (Å²) in [4.78, 5) is 29.7. The summed E-state index contributed by atoms with van der Waals surface area (Å²) >= 11 is 12.3. The minimum absolute atomic E-state index is 0.00362. The van der Waals surface area contributed by atoms with E-state index in [4.69, 9.17) is 48.6 Å². The number of esters is 1. The molecular weight excluding hydrogens is 490 g/mol. The number of rotatable bonds is 5. The number of nitrogen functional groups attached to an aromatic ring is 1. The van der Waals surface area contributed by atoms with Gasteiger partial charge in [0.25, 0.3) is 0 Å². The van der Waals surface area contributed by atoms with Crippen molar-refractivity contribution in [3.8, 4) is 5.75 Å². The van der Waals surface area contributed by atoms with Crippen molar-refractivity contribution >= 4 is 52.0 Å². The van der Waals surface area contributed by atoms with Gasteiger partial charge in [-0.15, -0.1) is 0 Å². The number of hydrogen-bond donors (Lipinski definition) is 2. The SMILES string of the molecule is CC(Oc1c(N)ncc2c(C(=O)OC3CCN(C(N)=O)CC3)coc12)c1c(Cl)ccc(F)c1Cl. The highest BCUT2D eigenvalue weighted by molar-refractivity contribution is 6.36. The lowest BCUT2D eigenvalue weighted by atomic mass is 10.1. The van der Waals surface area contributed by atoms with Gasteiger partial charge in [-0.3, -0.25) is 0 Å². The van der Waals surface area contributed by atoms with E-state index in [1.165, 1.54) is 23.4 Å². The van der Waals surface area contributed by atoms with Crippen LogP contribution < -0.4 is 16.2 Å². The van der Waals surface area contributed by atoms with Gasteiger partial charge in [-0.25, -0.2) is 19.0 Å². The van der Waals surface area contributed by atoms with Crippen molar-refractivity contribution in [2.45, 2.75) is 32.0 Å². The Balaban J connectivity index is 1.56. The van der Waals surface area contributed by atoms with E-state index in [1.807, 2.05) is 0 Å². The Morgan fingerprint density at radius 3 is 2.68 bits per heavy atom. The number of benzene rings is 1. The molecule has 0 aliphatic carbocycles. The number of carbonyl (C=O) groups excluding carboxylic acids is 2. The van der Waals surface area contributed by atoms with Crippen molar-refractivity contribution in [2.24, 2.45) is 5.73 Å². The summed E-state index contributed by atoms with van der Waals surface area (Å²) in [5, 5.41) is 0.362. The Morgan fingerprint density at radius 2 is 2.00 bits per heavy atom. The van der Waals surface area contributed by atoms with Crippen LogP contribution in [0, 0.1) is 5.82 Å². The van der Waals surface area contributed by atoms with Crippen molar-refractivity contribution in [1.29, 1.82) is 0 Å². The molecule has 9 nitrogen and oxygen atoms in total. The van der Waals surface area contributed by atoms with Crippen molar-refractivity contribution in [3.63, 3.8) is 0 Å². The monoisotopic (exact) mass is 510 g/mol. The van der Waals surface area contributed by atoms with Crippen LogP contribution in [-0.2, 0) is 4.74 Å². The zero-order valence-corrected chi connectivity index (χ0v) is 19.5. The van der Waals surface area contributed by atoms with Crippen LogP contribution in [0.5, 0.6) is 5.75 Å². The first kappa shape index (κ1) is 23.9. The molecule has 180 valence electrons. The summed E-state index contributed by atoms with van der Waals surface area (Å²) in [6, 6.07) is 2.02.